The fourth-order valence-corrected chi connectivity index (χ4v) is 4.11. The molecule has 0 bridgehead atoms. The van der Waals surface area contributed by atoms with Crippen LogP contribution in [0, 0.1) is 12.8 Å². The Morgan fingerprint density at radius 1 is 1.27 bits per heavy atom. The molecule has 4 rings (SSSR count). The van der Waals surface area contributed by atoms with Crippen molar-refractivity contribution in [2.45, 2.75) is 25.8 Å². The quantitative estimate of drug-likeness (QED) is 0.642. The lowest BCUT2D eigenvalue weighted by molar-refractivity contribution is -0.138. The molecule has 2 aromatic carbocycles. The third-order valence-electron chi connectivity index (χ3n) is 5.31. The summed E-state index contributed by atoms with van der Waals surface area (Å²) in [6.07, 6.45) is 0.713. The Bertz CT molecular complexity index is 991. The monoisotopic (exact) mass is 413 g/mol. The summed E-state index contributed by atoms with van der Waals surface area (Å²) in [5, 5.41) is 10.5. The number of rotatable bonds is 5. The van der Waals surface area contributed by atoms with Crippen molar-refractivity contribution in [3.8, 4) is 5.75 Å². The van der Waals surface area contributed by atoms with Gasteiger partial charge >= 0.3 is 5.97 Å². The zero-order chi connectivity index (χ0) is 18.4. The van der Waals surface area contributed by atoms with Crippen molar-refractivity contribution in [2.24, 2.45) is 5.92 Å². The number of fused-ring (bicyclic) bond motifs is 1. The number of aliphatic carboxylic acids is 1. The van der Waals surface area contributed by atoms with E-state index in [2.05, 4.69) is 45.6 Å². The second-order valence-electron chi connectivity index (χ2n) is 6.88. The van der Waals surface area contributed by atoms with Gasteiger partial charge in [0.2, 0.25) is 0 Å². The average Bonchev–Trinajstić information content (AvgIpc) is 3.37. The van der Waals surface area contributed by atoms with Gasteiger partial charge in [-0.3, -0.25) is 4.79 Å². The first-order chi connectivity index (χ1) is 12.5. The van der Waals surface area contributed by atoms with Crippen LogP contribution in [0.15, 0.2) is 46.9 Å². The molecule has 26 heavy (non-hydrogen) atoms. The molecule has 0 amide bonds. The fraction of sp³-hybridized carbons (Fsp3) is 0.286. The molecule has 0 unspecified atom stereocenters. The molecule has 5 heteroatoms. The van der Waals surface area contributed by atoms with Crippen LogP contribution in [-0.4, -0.2) is 22.8 Å². The Morgan fingerprint density at radius 3 is 2.62 bits per heavy atom. The molecule has 0 radical (unpaired) electrons. The van der Waals surface area contributed by atoms with Crippen LogP contribution in [0.1, 0.15) is 29.2 Å². The van der Waals surface area contributed by atoms with Crippen LogP contribution in [-0.2, 0) is 11.3 Å². The lowest BCUT2D eigenvalue weighted by atomic mass is 10.0. The summed E-state index contributed by atoms with van der Waals surface area (Å²) in [5.74, 6) is -0.0851. The first kappa shape index (κ1) is 17.2. The van der Waals surface area contributed by atoms with Gasteiger partial charge in [0.15, 0.2) is 0 Å². The summed E-state index contributed by atoms with van der Waals surface area (Å²) in [7, 11) is 1.66. The zero-order valence-corrected chi connectivity index (χ0v) is 16.3. The summed E-state index contributed by atoms with van der Waals surface area (Å²) in [6.45, 7) is 2.85. The molecule has 0 saturated heterocycles. The van der Waals surface area contributed by atoms with E-state index in [1.165, 1.54) is 5.56 Å². The highest BCUT2D eigenvalue weighted by Gasteiger charge is 2.46. The molecule has 3 aromatic rings. The van der Waals surface area contributed by atoms with Crippen LogP contribution >= 0.6 is 15.9 Å². The Hall–Kier alpha value is -2.27. The molecule has 1 fully saturated rings. The number of nitrogens with zero attached hydrogens (tertiary/aromatic N) is 1. The van der Waals surface area contributed by atoms with Gasteiger partial charge < -0.3 is 14.4 Å². The summed E-state index contributed by atoms with van der Waals surface area (Å²) < 4.78 is 8.74. The van der Waals surface area contributed by atoms with Gasteiger partial charge in [-0.15, -0.1) is 0 Å². The number of carboxylic acids is 1. The van der Waals surface area contributed by atoms with Gasteiger partial charge in [-0.25, -0.2) is 0 Å². The summed E-state index contributed by atoms with van der Waals surface area (Å²) in [6, 6.07) is 14.4. The average molecular weight is 414 g/mol. The second-order valence-corrected chi connectivity index (χ2v) is 7.80. The summed E-state index contributed by atoms with van der Waals surface area (Å²) in [4.78, 5) is 11.4. The number of ether oxygens (including phenoxy) is 1. The molecule has 0 spiro atoms. The van der Waals surface area contributed by atoms with Crippen molar-refractivity contribution in [1.29, 1.82) is 0 Å². The molecule has 1 aliphatic rings. The maximum Gasteiger partial charge on any atom is 0.307 e. The minimum atomic E-state index is -0.703. The molecule has 1 heterocycles. The highest BCUT2D eigenvalue weighted by atomic mass is 79.9. The predicted molar refractivity (Wildman–Crippen MR) is 105 cm³/mol. The van der Waals surface area contributed by atoms with E-state index in [4.69, 9.17) is 4.74 Å². The fourth-order valence-electron chi connectivity index (χ4n) is 3.85. The number of methoxy groups -OCH3 is 1. The molecule has 1 aromatic heterocycles. The molecule has 2 atom stereocenters. The van der Waals surface area contributed by atoms with Gasteiger partial charge in [-0.1, -0.05) is 28.1 Å². The molecule has 4 nitrogen and oxygen atoms in total. The number of halogens is 1. The van der Waals surface area contributed by atoms with E-state index in [1.54, 1.807) is 7.11 Å². The minimum Gasteiger partial charge on any atom is -0.497 e. The number of carbonyl (C=O) groups is 1. The van der Waals surface area contributed by atoms with Crippen LogP contribution in [0.4, 0.5) is 0 Å². The maximum atomic E-state index is 11.4. The van der Waals surface area contributed by atoms with Crippen LogP contribution in [0.5, 0.6) is 5.75 Å². The van der Waals surface area contributed by atoms with E-state index in [0.717, 1.165) is 38.9 Å². The van der Waals surface area contributed by atoms with Crippen molar-refractivity contribution >= 4 is 32.8 Å². The van der Waals surface area contributed by atoms with Gasteiger partial charge in [0.25, 0.3) is 0 Å². The highest BCUT2D eigenvalue weighted by molar-refractivity contribution is 9.10. The van der Waals surface area contributed by atoms with Crippen molar-refractivity contribution in [3.05, 3.63) is 63.8 Å². The zero-order valence-electron chi connectivity index (χ0n) is 14.7. The Morgan fingerprint density at radius 2 is 2.00 bits per heavy atom. The van der Waals surface area contributed by atoms with Crippen LogP contribution in [0.2, 0.25) is 0 Å². The first-order valence-corrected chi connectivity index (χ1v) is 9.43. The lowest BCUT2D eigenvalue weighted by Gasteiger charge is -2.09. The smallest absolute Gasteiger partial charge is 0.307 e. The van der Waals surface area contributed by atoms with E-state index in [9.17, 15) is 9.90 Å². The normalized spacial score (nSPS) is 18.9. The van der Waals surface area contributed by atoms with Gasteiger partial charge in [-0.05, 0) is 54.8 Å². The standard InChI is InChI=1S/C21H20BrNO3/c1-12-20(16-10-17(16)21(24)25)18-9-15(26-2)7-8-19(18)23(12)11-13-3-5-14(22)6-4-13/h3-9,16-17H,10-11H2,1-2H3,(H,24,25)/t16-,17-/m1/s1. The Balaban J connectivity index is 1.83. The van der Waals surface area contributed by atoms with Crippen LogP contribution < -0.4 is 4.74 Å². The maximum absolute atomic E-state index is 11.4. The van der Waals surface area contributed by atoms with Crippen molar-refractivity contribution in [1.82, 2.24) is 4.57 Å². The number of hydrogen-bond donors (Lipinski definition) is 1. The molecule has 1 aliphatic carbocycles. The van der Waals surface area contributed by atoms with Gasteiger partial charge in [-0.2, -0.15) is 0 Å². The first-order valence-electron chi connectivity index (χ1n) is 8.63. The lowest BCUT2D eigenvalue weighted by Crippen LogP contribution is -2.03. The minimum absolute atomic E-state index is 0.0910. The molecule has 1 N–H and O–H groups in total. The second kappa shape index (κ2) is 6.47. The third-order valence-corrected chi connectivity index (χ3v) is 5.84. The third kappa shape index (κ3) is 2.90. The van der Waals surface area contributed by atoms with E-state index in [0.29, 0.717) is 6.42 Å². The number of carboxylic acid groups (broad SMARTS) is 1. The topological polar surface area (TPSA) is 51.5 Å². The highest BCUT2D eigenvalue weighted by Crippen LogP contribution is 2.52. The number of hydrogen-bond acceptors (Lipinski definition) is 2. The van der Waals surface area contributed by atoms with Crippen molar-refractivity contribution in [2.75, 3.05) is 7.11 Å². The van der Waals surface area contributed by atoms with E-state index in [-0.39, 0.29) is 11.8 Å². The summed E-state index contributed by atoms with van der Waals surface area (Å²) in [5.41, 5.74) is 4.63. The largest absolute Gasteiger partial charge is 0.497 e. The number of aromatic nitrogens is 1. The van der Waals surface area contributed by atoms with Crippen LogP contribution in [0.3, 0.4) is 0 Å². The van der Waals surface area contributed by atoms with E-state index in [1.807, 2.05) is 24.3 Å². The molecular formula is C21H20BrNO3. The van der Waals surface area contributed by atoms with Gasteiger partial charge in [0, 0.05) is 33.5 Å². The van der Waals surface area contributed by atoms with E-state index >= 15 is 0 Å². The van der Waals surface area contributed by atoms with Crippen molar-refractivity contribution < 1.29 is 14.6 Å². The molecule has 134 valence electrons. The predicted octanol–water partition coefficient (Wildman–Crippen LogP) is 4.96. The summed E-state index contributed by atoms with van der Waals surface area (Å²) >= 11 is 3.48. The number of benzene rings is 2. The molecule has 1 saturated carbocycles. The SMILES string of the molecule is COc1ccc2c(c1)c([C@@H]1C[C@H]1C(=O)O)c(C)n2Cc1ccc(Br)cc1. The Labute approximate surface area is 160 Å². The van der Waals surface area contributed by atoms with Gasteiger partial charge in [0.1, 0.15) is 5.75 Å². The van der Waals surface area contributed by atoms with Gasteiger partial charge in [0.05, 0.1) is 13.0 Å². The molecular weight excluding hydrogens is 394 g/mol. The molecule has 0 aliphatic heterocycles. The van der Waals surface area contributed by atoms with E-state index < -0.39 is 5.97 Å². The Kier molecular flexibility index (Phi) is 4.27. The van der Waals surface area contributed by atoms with Crippen molar-refractivity contribution in [3.63, 3.8) is 0 Å². The van der Waals surface area contributed by atoms with Crippen LogP contribution in [0.25, 0.3) is 10.9 Å².